The van der Waals surface area contributed by atoms with Crippen LogP contribution in [0.2, 0.25) is 0 Å². The third kappa shape index (κ3) is 6.84. The Labute approximate surface area is 187 Å². The number of hydrogen-bond acceptors (Lipinski definition) is 2. The second kappa shape index (κ2) is 10.7. The Kier molecular flexibility index (Phi) is 7.94. The van der Waals surface area contributed by atoms with Crippen molar-refractivity contribution >= 4 is 11.9 Å². The summed E-state index contributed by atoms with van der Waals surface area (Å²) >= 11 is 0. The highest BCUT2D eigenvalue weighted by Crippen LogP contribution is 2.30. The molecule has 7 heteroatoms. The van der Waals surface area contributed by atoms with Crippen molar-refractivity contribution in [3.05, 3.63) is 71.3 Å². The van der Waals surface area contributed by atoms with Gasteiger partial charge in [0.15, 0.2) is 0 Å². The fourth-order valence-corrected chi connectivity index (χ4v) is 3.69. The molecule has 0 atom stereocenters. The van der Waals surface area contributed by atoms with Crippen LogP contribution >= 0.6 is 0 Å². The van der Waals surface area contributed by atoms with Gasteiger partial charge in [-0.25, -0.2) is 0 Å². The molecule has 0 N–H and O–H groups in total. The molecule has 1 saturated heterocycles. The van der Waals surface area contributed by atoms with Crippen LogP contribution < -0.4 is 0 Å². The van der Waals surface area contributed by atoms with Crippen LogP contribution in [0.15, 0.2) is 59.6 Å². The molecule has 0 unspecified atom stereocenters. The lowest BCUT2D eigenvalue weighted by atomic mass is 9.90. The van der Waals surface area contributed by atoms with Gasteiger partial charge in [-0.3, -0.25) is 4.79 Å². The standard InChI is InChI=1S/C25H29F3N2O2/c1-18(2)17-32-24(29-23(31)21-9-6-10-22(16-21)25(26,27)28)30-13-11-20(12-14-30)15-19-7-4-3-5-8-19/h3-10,16,18,20H,11-15,17H2,1-2H3. The Bertz CT molecular complexity index is 918. The Morgan fingerprint density at radius 2 is 1.78 bits per heavy atom. The van der Waals surface area contributed by atoms with E-state index in [9.17, 15) is 18.0 Å². The van der Waals surface area contributed by atoms with Crippen molar-refractivity contribution in [3.63, 3.8) is 0 Å². The van der Waals surface area contributed by atoms with Gasteiger partial charge < -0.3 is 9.64 Å². The van der Waals surface area contributed by atoms with Gasteiger partial charge in [-0.2, -0.15) is 18.2 Å². The van der Waals surface area contributed by atoms with E-state index in [0.717, 1.165) is 31.4 Å². The summed E-state index contributed by atoms with van der Waals surface area (Å²) in [5, 5.41) is 0. The van der Waals surface area contributed by atoms with Crippen molar-refractivity contribution in [3.8, 4) is 0 Å². The summed E-state index contributed by atoms with van der Waals surface area (Å²) < 4.78 is 44.8. The second-order valence-electron chi connectivity index (χ2n) is 8.60. The minimum Gasteiger partial charge on any atom is -0.465 e. The summed E-state index contributed by atoms with van der Waals surface area (Å²) in [6, 6.07) is 14.8. The number of carbonyl (C=O) groups is 1. The maximum atomic E-state index is 13.0. The molecule has 32 heavy (non-hydrogen) atoms. The van der Waals surface area contributed by atoms with Crippen LogP contribution in [0.1, 0.15) is 48.2 Å². The lowest BCUT2D eigenvalue weighted by molar-refractivity contribution is -0.137. The molecule has 0 aromatic heterocycles. The van der Waals surface area contributed by atoms with Crippen LogP contribution in [-0.2, 0) is 17.3 Å². The smallest absolute Gasteiger partial charge is 0.416 e. The third-order valence-corrected chi connectivity index (χ3v) is 5.43. The zero-order valence-electron chi connectivity index (χ0n) is 18.4. The van der Waals surface area contributed by atoms with Gasteiger partial charge in [-0.15, -0.1) is 0 Å². The molecule has 0 bridgehead atoms. The molecule has 0 radical (unpaired) electrons. The summed E-state index contributed by atoms with van der Waals surface area (Å²) in [5.41, 5.74) is 0.324. The Balaban J connectivity index is 1.71. The number of halogens is 3. The zero-order valence-corrected chi connectivity index (χ0v) is 18.4. The van der Waals surface area contributed by atoms with Crippen LogP contribution in [-0.4, -0.2) is 36.5 Å². The average molecular weight is 447 g/mol. The lowest BCUT2D eigenvalue weighted by Gasteiger charge is -2.33. The molecule has 0 spiro atoms. The van der Waals surface area contributed by atoms with Gasteiger partial charge in [0.2, 0.25) is 0 Å². The molecule has 1 fully saturated rings. The highest BCUT2D eigenvalue weighted by Gasteiger charge is 2.31. The average Bonchev–Trinajstić information content (AvgIpc) is 2.77. The number of alkyl halides is 3. The molecule has 2 aromatic carbocycles. The largest absolute Gasteiger partial charge is 0.465 e. The second-order valence-corrected chi connectivity index (χ2v) is 8.60. The Hall–Kier alpha value is -2.83. The van der Waals surface area contributed by atoms with Crippen LogP contribution in [0.5, 0.6) is 0 Å². The van der Waals surface area contributed by atoms with E-state index in [2.05, 4.69) is 17.1 Å². The molecule has 0 saturated carbocycles. The van der Waals surface area contributed by atoms with Crippen molar-refractivity contribution in [1.82, 2.24) is 4.90 Å². The number of rotatable bonds is 5. The van der Waals surface area contributed by atoms with Gasteiger partial charge in [0.05, 0.1) is 12.2 Å². The van der Waals surface area contributed by atoms with Gasteiger partial charge in [-0.05, 0) is 54.9 Å². The van der Waals surface area contributed by atoms with Crippen LogP contribution in [0.4, 0.5) is 13.2 Å². The minimum absolute atomic E-state index is 0.107. The number of amides is 1. The van der Waals surface area contributed by atoms with E-state index in [1.165, 1.54) is 17.7 Å². The number of aliphatic imine (C=N–C) groups is 1. The molecule has 3 rings (SSSR count). The van der Waals surface area contributed by atoms with Gasteiger partial charge >= 0.3 is 6.18 Å². The van der Waals surface area contributed by atoms with Crippen molar-refractivity contribution < 1.29 is 22.7 Å². The third-order valence-electron chi connectivity index (χ3n) is 5.43. The first-order chi connectivity index (χ1) is 15.2. The van der Waals surface area contributed by atoms with Crippen LogP contribution in [0, 0.1) is 11.8 Å². The van der Waals surface area contributed by atoms with Gasteiger partial charge in [-0.1, -0.05) is 50.2 Å². The fourth-order valence-electron chi connectivity index (χ4n) is 3.69. The molecular formula is C25H29F3N2O2. The summed E-state index contributed by atoms with van der Waals surface area (Å²) in [4.78, 5) is 18.7. The van der Waals surface area contributed by atoms with E-state index in [0.29, 0.717) is 25.6 Å². The number of amidine groups is 1. The number of benzene rings is 2. The summed E-state index contributed by atoms with van der Waals surface area (Å²) in [6.45, 7) is 5.71. The van der Waals surface area contributed by atoms with Crippen molar-refractivity contribution in [2.24, 2.45) is 16.8 Å². The summed E-state index contributed by atoms with van der Waals surface area (Å²) in [7, 11) is 0. The normalized spacial score (nSPS) is 15.8. The molecule has 1 aliphatic rings. The summed E-state index contributed by atoms with van der Waals surface area (Å²) in [5.74, 6) is 0.0138. The minimum atomic E-state index is -4.52. The molecular weight excluding hydrogens is 417 g/mol. The molecule has 1 heterocycles. The van der Waals surface area contributed by atoms with Crippen LogP contribution in [0.25, 0.3) is 0 Å². The van der Waals surface area contributed by atoms with E-state index in [1.807, 2.05) is 36.9 Å². The van der Waals surface area contributed by atoms with E-state index in [-0.39, 0.29) is 17.5 Å². The molecule has 172 valence electrons. The van der Waals surface area contributed by atoms with E-state index in [1.54, 1.807) is 0 Å². The van der Waals surface area contributed by atoms with E-state index >= 15 is 0 Å². The van der Waals surface area contributed by atoms with Gasteiger partial charge in [0.25, 0.3) is 11.9 Å². The number of nitrogens with zero attached hydrogens (tertiary/aromatic N) is 2. The SMILES string of the molecule is CC(C)COC(=NC(=O)c1cccc(C(F)(F)F)c1)N1CCC(Cc2ccccc2)CC1. The highest BCUT2D eigenvalue weighted by atomic mass is 19.4. The van der Waals surface area contributed by atoms with E-state index in [4.69, 9.17) is 4.74 Å². The molecule has 1 aliphatic heterocycles. The van der Waals surface area contributed by atoms with Crippen molar-refractivity contribution in [1.29, 1.82) is 0 Å². The maximum Gasteiger partial charge on any atom is 0.416 e. The molecule has 4 nitrogen and oxygen atoms in total. The number of piperidine rings is 1. The predicted molar refractivity (Wildman–Crippen MR) is 118 cm³/mol. The first-order valence-corrected chi connectivity index (χ1v) is 10.9. The highest BCUT2D eigenvalue weighted by molar-refractivity contribution is 6.01. The van der Waals surface area contributed by atoms with Crippen molar-refractivity contribution in [2.45, 2.75) is 39.3 Å². The number of ether oxygens (including phenoxy) is 1. The lowest BCUT2D eigenvalue weighted by Crippen LogP contribution is -2.41. The first kappa shape index (κ1) is 23.8. The number of carbonyl (C=O) groups excluding carboxylic acids is 1. The van der Waals surface area contributed by atoms with Gasteiger partial charge in [0, 0.05) is 18.7 Å². The number of likely N-dealkylation sites (tertiary alicyclic amines) is 1. The number of hydrogen-bond donors (Lipinski definition) is 0. The predicted octanol–water partition coefficient (Wildman–Crippen LogP) is 5.83. The zero-order chi connectivity index (χ0) is 23.1. The van der Waals surface area contributed by atoms with Gasteiger partial charge in [0.1, 0.15) is 0 Å². The topological polar surface area (TPSA) is 41.9 Å². The Morgan fingerprint density at radius 3 is 2.41 bits per heavy atom. The maximum absolute atomic E-state index is 13.0. The first-order valence-electron chi connectivity index (χ1n) is 10.9. The van der Waals surface area contributed by atoms with Crippen LogP contribution in [0.3, 0.4) is 0 Å². The molecule has 2 aromatic rings. The Morgan fingerprint density at radius 1 is 1.09 bits per heavy atom. The molecule has 0 aliphatic carbocycles. The quantitative estimate of drug-likeness (QED) is 0.429. The summed E-state index contributed by atoms with van der Waals surface area (Å²) in [6.07, 6.45) is -1.66. The fraction of sp³-hybridized carbons (Fsp3) is 0.440. The van der Waals surface area contributed by atoms with E-state index < -0.39 is 17.6 Å². The monoisotopic (exact) mass is 446 g/mol. The molecule has 1 amide bonds. The van der Waals surface area contributed by atoms with Crippen molar-refractivity contribution in [2.75, 3.05) is 19.7 Å².